The molecule has 7 nitrogen and oxygen atoms in total. The molecule has 1 fully saturated rings. The third-order valence-corrected chi connectivity index (χ3v) is 4.16. The van der Waals surface area contributed by atoms with Gasteiger partial charge in [0, 0.05) is 6.04 Å². The molecule has 0 aliphatic carbocycles. The Kier molecular flexibility index (Phi) is 6.08. The van der Waals surface area contributed by atoms with Crippen molar-refractivity contribution in [3.63, 3.8) is 0 Å². The number of primary amides is 1. The Morgan fingerprint density at radius 2 is 2.00 bits per heavy atom. The van der Waals surface area contributed by atoms with E-state index in [9.17, 15) is 14.4 Å². The molecule has 8 heteroatoms. The molecule has 134 valence electrons. The molecule has 1 aliphatic heterocycles. The second kappa shape index (κ2) is 8.06. The summed E-state index contributed by atoms with van der Waals surface area (Å²) in [5.74, 6) is -0.0837. The van der Waals surface area contributed by atoms with Gasteiger partial charge in [0.05, 0.1) is 11.5 Å². The van der Waals surface area contributed by atoms with Crippen molar-refractivity contribution in [2.24, 2.45) is 5.73 Å². The van der Waals surface area contributed by atoms with Gasteiger partial charge < -0.3 is 15.2 Å². The van der Waals surface area contributed by atoms with E-state index in [0.29, 0.717) is 28.6 Å². The average Bonchev–Trinajstić information content (AvgIpc) is 2.80. The maximum Gasteiger partial charge on any atom is 0.293 e. The minimum Gasteiger partial charge on any atom is -0.490 e. The first-order valence-electron chi connectivity index (χ1n) is 7.78. The fourth-order valence-corrected chi connectivity index (χ4v) is 3.19. The average molecular weight is 364 g/mol. The summed E-state index contributed by atoms with van der Waals surface area (Å²) in [7, 11) is 0. The normalized spacial score (nSPS) is 16.0. The fraction of sp³-hybridized carbons (Fsp3) is 0.353. The van der Waals surface area contributed by atoms with Gasteiger partial charge in [0.25, 0.3) is 17.1 Å². The summed E-state index contributed by atoms with van der Waals surface area (Å²) in [6, 6.07) is 4.83. The van der Waals surface area contributed by atoms with E-state index in [1.807, 2.05) is 6.92 Å². The van der Waals surface area contributed by atoms with Crippen LogP contribution in [0.2, 0.25) is 0 Å². The van der Waals surface area contributed by atoms with Crippen LogP contribution in [0.3, 0.4) is 0 Å². The van der Waals surface area contributed by atoms with Gasteiger partial charge in [-0.2, -0.15) is 0 Å². The lowest BCUT2D eigenvalue weighted by atomic mass is 10.1. The van der Waals surface area contributed by atoms with E-state index in [0.717, 1.165) is 11.8 Å². The van der Waals surface area contributed by atoms with Gasteiger partial charge >= 0.3 is 0 Å². The van der Waals surface area contributed by atoms with Gasteiger partial charge in [0.2, 0.25) is 0 Å². The number of ether oxygens (including phenoxy) is 2. The van der Waals surface area contributed by atoms with Gasteiger partial charge in [-0.1, -0.05) is 6.07 Å². The van der Waals surface area contributed by atoms with Crippen LogP contribution in [0.4, 0.5) is 4.79 Å². The minimum atomic E-state index is -0.589. The Balaban J connectivity index is 2.28. The number of rotatable bonds is 7. The molecular weight excluding hydrogens is 344 g/mol. The smallest absolute Gasteiger partial charge is 0.293 e. The van der Waals surface area contributed by atoms with Crippen molar-refractivity contribution >= 4 is 34.9 Å². The number of carbonyl (C=O) groups excluding carboxylic acids is 3. The Hall–Kier alpha value is -2.48. The van der Waals surface area contributed by atoms with Crippen LogP contribution in [0.25, 0.3) is 6.08 Å². The monoisotopic (exact) mass is 364 g/mol. The highest BCUT2D eigenvalue weighted by atomic mass is 32.2. The Labute approximate surface area is 150 Å². The van der Waals surface area contributed by atoms with Gasteiger partial charge in [0.15, 0.2) is 18.1 Å². The topological polar surface area (TPSA) is 98.9 Å². The molecule has 0 saturated carbocycles. The first kappa shape index (κ1) is 18.9. The van der Waals surface area contributed by atoms with Crippen LogP contribution in [-0.4, -0.2) is 41.2 Å². The van der Waals surface area contributed by atoms with E-state index in [2.05, 4.69) is 0 Å². The van der Waals surface area contributed by atoms with Crippen LogP contribution >= 0.6 is 11.8 Å². The van der Waals surface area contributed by atoms with Gasteiger partial charge in [-0.15, -0.1) is 0 Å². The van der Waals surface area contributed by atoms with Crippen LogP contribution in [-0.2, 0) is 9.59 Å². The molecule has 0 radical (unpaired) electrons. The standard InChI is InChI=1S/C17H20N2O5S/c1-4-23-13-7-11(5-6-12(13)24-9-15(18)20)8-14-16(21)19(10(2)3)17(22)25-14/h5-8,10H,4,9H2,1-3H3,(H2,18,20)/b14-8+. The first-order chi connectivity index (χ1) is 11.8. The molecule has 0 atom stereocenters. The SMILES string of the molecule is CCOc1cc(/C=C2/SC(=O)N(C(C)C)C2=O)ccc1OCC(N)=O. The van der Waals surface area contributed by atoms with Crippen LogP contribution < -0.4 is 15.2 Å². The zero-order valence-electron chi connectivity index (χ0n) is 14.3. The zero-order chi connectivity index (χ0) is 18.6. The largest absolute Gasteiger partial charge is 0.490 e. The highest BCUT2D eigenvalue weighted by Crippen LogP contribution is 2.35. The van der Waals surface area contributed by atoms with Crippen LogP contribution in [0.1, 0.15) is 26.3 Å². The number of carbonyl (C=O) groups is 3. The molecule has 2 N–H and O–H groups in total. The number of amides is 3. The lowest BCUT2D eigenvalue weighted by molar-refractivity contribution is -0.124. The number of hydrogen-bond donors (Lipinski definition) is 1. The van der Waals surface area contributed by atoms with Crippen molar-refractivity contribution in [2.75, 3.05) is 13.2 Å². The predicted molar refractivity (Wildman–Crippen MR) is 95.2 cm³/mol. The highest BCUT2D eigenvalue weighted by Gasteiger charge is 2.36. The number of hydrogen-bond acceptors (Lipinski definition) is 6. The van der Waals surface area contributed by atoms with E-state index < -0.39 is 5.91 Å². The maximum atomic E-state index is 12.3. The Morgan fingerprint density at radius 1 is 1.28 bits per heavy atom. The summed E-state index contributed by atoms with van der Waals surface area (Å²) in [6.07, 6.45) is 1.63. The molecule has 1 heterocycles. The molecule has 0 spiro atoms. The predicted octanol–water partition coefficient (Wildman–Crippen LogP) is 2.39. The molecule has 0 bridgehead atoms. The Morgan fingerprint density at radius 3 is 2.56 bits per heavy atom. The molecule has 0 unspecified atom stereocenters. The number of thioether (sulfide) groups is 1. The lowest BCUT2D eigenvalue weighted by Gasteiger charge is -2.16. The summed E-state index contributed by atoms with van der Waals surface area (Å²) in [5.41, 5.74) is 5.76. The van der Waals surface area contributed by atoms with Gasteiger partial charge in [-0.3, -0.25) is 19.3 Å². The van der Waals surface area contributed by atoms with Crippen molar-refractivity contribution in [3.8, 4) is 11.5 Å². The van der Waals surface area contributed by atoms with E-state index in [1.54, 1.807) is 38.1 Å². The molecule has 1 aromatic rings. The molecule has 25 heavy (non-hydrogen) atoms. The summed E-state index contributed by atoms with van der Waals surface area (Å²) in [5, 5.41) is -0.280. The quantitative estimate of drug-likeness (QED) is 0.746. The minimum absolute atomic E-state index is 0.193. The summed E-state index contributed by atoms with van der Waals surface area (Å²) in [4.78, 5) is 36.7. The summed E-state index contributed by atoms with van der Waals surface area (Å²) >= 11 is 0.908. The number of imide groups is 1. The van der Waals surface area contributed by atoms with Crippen LogP contribution in [0.15, 0.2) is 23.1 Å². The molecule has 3 amide bonds. The zero-order valence-corrected chi connectivity index (χ0v) is 15.1. The highest BCUT2D eigenvalue weighted by molar-refractivity contribution is 8.18. The van der Waals surface area contributed by atoms with Crippen molar-refractivity contribution in [1.29, 1.82) is 0 Å². The Bertz CT molecular complexity index is 730. The molecule has 1 aliphatic rings. The van der Waals surface area contributed by atoms with Crippen molar-refractivity contribution in [1.82, 2.24) is 4.90 Å². The fourth-order valence-electron chi connectivity index (χ4n) is 2.23. The van der Waals surface area contributed by atoms with Crippen molar-refractivity contribution < 1.29 is 23.9 Å². The van der Waals surface area contributed by atoms with E-state index in [1.165, 1.54) is 4.90 Å². The second-order valence-corrected chi connectivity index (χ2v) is 6.53. The summed E-state index contributed by atoms with van der Waals surface area (Å²) < 4.78 is 10.8. The lowest BCUT2D eigenvalue weighted by Crippen LogP contribution is -2.34. The van der Waals surface area contributed by atoms with E-state index in [-0.39, 0.29) is 23.8 Å². The molecule has 1 aromatic carbocycles. The number of nitrogens with two attached hydrogens (primary N) is 1. The van der Waals surface area contributed by atoms with Gasteiger partial charge in [-0.25, -0.2) is 0 Å². The molecular formula is C17H20N2O5S. The van der Waals surface area contributed by atoms with Crippen LogP contribution in [0, 0.1) is 0 Å². The maximum absolute atomic E-state index is 12.3. The number of nitrogens with zero attached hydrogens (tertiary/aromatic N) is 1. The third-order valence-electron chi connectivity index (χ3n) is 3.28. The summed E-state index contributed by atoms with van der Waals surface area (Å²) in [6.45, 7) is 5.54. The van der Waals surface area contributed by atoms with Gasteiger partial charge in [0.1, 0.15) is 0 Å². The molecule has 0 aromatic heterocycles. The second-order valence-electron chi connectivity index (χ2n) is 5.54. The van der Waals surface area contributed by atoms with Gasteiger partial charge in [-0.05, 0) is 56.3 Å². The van der Waals surface area contributed by atoms with E-state index in [4.69, 9.17) is 15.2 Å². The third kappa shape index (κ3) is 4.54. The van der Waals surface area contributed by atoms with Crippen molar-refractivity contribution in [2.45, 2.75) is 26.8 Å². The first-order valence-corrected chi connectivity index (χ1v) is 8.60. The molecule has 2 rings (SSSR count). The van der Waals surface area contributed by atoms with Crippen LogP contribution in [0.5, 0.6) is 11.5 Å². The molecule has 1 saturated heterocycles. The number of benzene rings is 1. The van der Waals surface area contributed by atoms with Crippen molar-refractivity contribution in [3.05, 3.63) is 28.7 Å². The van der Waals surface area contributed by atoms with E-state index >= 15 is 0 Å².